The van der Waals surface area contributed by atoms with Crippen LogP contribution in [0.3, 0.4) is 0 Å². The number of aryl methyl sites for hydroxylation is 1. The van der Waals surface area contributed by atoms with Crippen LogP contribution in [0.5, 0.6) is 0 Å². The molecule has 0 saturated heterocycles. The Balaban J connectivity index is 2.12. The molecule has 1 heterocycles. The predicted molar refractivity (Wildman–Crippen MR) is 65.2 cm³/mol. The fraction of sp³-hybridized carbons (Fsp3) is 0.231. The molecule has 1 atom stereocenters. The van der Waals surface area contributed by atoms with Gasteiger partial charge in [0.25, 0.3) is 0 Å². The van der Waals surface area contributed by atoms with Crippen LogP contribution in [0.4, 0.5) is 8.78 Å². The first-order valence-corrected chi connectivity index (χ1v) is 5.68. The van der Waals surface area contributed by atoms with Crippen molar-refractivity contribution in [3.63, 3.8) is 0 Å². The fourth-order valence-corrected chi connectivity index (χ4v) is 1.75. The van der Waals surface area contributed by atoms with Crippen LogP contribution in [0, 0.1) is 11.6 Å². The highest BCUT2D eigenvalue weighted by atomic mass is 19.1. The van der Waals surface area contributed by atoms with Gasteiger partial charge in [-0.3, -0.25) is 9.48 Å². The minimum Gasteiger partial charge on any atom is -0.318 e. The zero-order valence-corrected chi connectivity index (χ0v) is 10.3. The summed E-state index contributed by atoms with van der Waals surface area (Å²) in [4.78, 5) is 11.9. The lowest BCUT2D eigenvalue weighted by Gasteiger charge is -2.09. The van der Waals surface area contributed by atoms with E-state index < -0.39 is 17.7 Å². The van der Waals surface area contributed by atoms with E-state index in [1.165, 1.54) is 16.9 Å². The molecule has 2 N–H and O–H groups in total. The van der Waals surface area contributed by atoms with Crippen molar-refractivity contribution in [2.45, 2.75) is 12.5 Å². The molecule has 0 fully saturated rings. The second-order valence-corrected chi connectivity index (χ2v) is 4.30. The second kappa shape index (κ2) is 5.27. The van der Waals surface area contributed by atoms with Gasteiger partial charge in [-0.1, -0.05) is 6.07 Å². The number of carbonyl (C=O) groups excluding carboxylic acids is 1. The van der Waals surface area contributed by atoms with Gasteiger partial charge < -0.3 is 5.73 Å². The monoisotopic (exact) mass is 265 g/mol. The Morgan fingerprint density at radius 3 is 2.79 bits per heavy atom. The summed E-state index contributed by atoms with van der Waals surface area (Å²) in [6.45, 7) is 0. The predicted octanol–water partition coefficient (Wildman–Crippen LogP) is 1.51. The van der Waals surface area contributed by atoms with Gasteiger partial charge in [-0.25, -0.2) is 8.78 Å². The molecule has 0 aliphatic heterocycles. The molecule has 19 heavy (non-hydrogen) atoms. The fourth-order valence-electron chi connectivity index (χ4n) is 1.75. The lowest BCUT2D eigenvalue weighted by atomic mass is 10.0. The van der Waals surface area contributed by atoms with Gasteiger partial charge in [-0.05, 0) is 11.6 Å². The number of rotatable bonds is 4. The minimum absolute atomic E-state index is 0.130. The van der Waals surface area contributed by atoms with Gasteiger partial charge in [0.2, 0.25) is 0 Å². The summed E-state index contributed by atoms with van der Waals surface area (Å²) in [7, 11) is 1.71. The number of ketones is 1. The van der Waals surface area contributed by atoms with Crippen LogP contribution in [0.2, 0.25) is 0 Å². The number of benzene rings is 1. The first kappa shape index (κ1) is 13.4. The van der Waals surface area contributed by atoms with E-state index in [2.05, 4.69) is 5.10 Å². The third kappa shape index (κ3) is 3.03. The average molecular weight is 265 g/mol. The van der Waals surface area contributed by atoms with E-state index >= 15 is 0 Å². The van der Waals surface area contributed by atoms with Crippen molar-refractivity contribution >= 4 is 5.78 Å². The largest absolute Gasteiger partial charge is 0.318 e. The van der Waals surface area contributed by atoms with E-state index in [0.29, 0.717) is 5.56 Å². The summed E-state index contributed by atoms with van der Waals surface area (Å²) in [5.41, 5.74) is 6.48. The molecule has 1 aromatic heterocycles. The highest BCUT2D eigenvalue weighted by Gasteiger charge is 2.19. The van der Waals surface area contributed by atoms with Crippen LogP contribution in [0.25, 0.3) is 0 Å². The van der Waals surface area contributed by atoms with Gasteiger partial charge in [0.1, 0.15) is 11.6 Å². The van der Waals surface area contributed by atoms with E-state index in [1.54, 1.807) is 13.2 Å². The van der Waals surface area contributed by atoms with Crippen LogP contribution in [-0.2, 0) is 18.3 Å². The van der Waals surface area contributed by atoms with Gasteiger partial charge >= 0.3 is 0 Å². The molecule has 6 heteroatoms. The molecule has 0 aliphatic carbocycles. The Bertz CT molecular complexity index is 610. The molecule has 100 valence electrons. The third-order valence-electron chi connectivity index (χ3n) is 2.81. The molecule has 0 radical (unpaired) electrons. The van der Waals surface area contributed by atoms with Crippen LogP contribution >= 0.6 is 0 Å². The van der Waals surface area contributed by atoms with Crippen LogP contribution in [0.1, 0.15) is 17.2 Å². The lowest BCUT2D eigenvalue weighted by molar-refractivity contribution is -0.119. The van der Waals surface area contributed by atoms with Crippen molar-refractivity contribution in [3.05, 3.63) is 53.4 Å². The summed E-state index contributed by atoms with van der Waals surface area (Å²) in [5, 5.41) is 3.92. The molecule has 0 amide bonds. The third-order valence-corrected chi connectivity index (χ3v) is 2.81. The molecule has 0 bridgehead atoms. The number of nitrogens with two attached hydrogens (primary N) is 1. The van der Waals surface area contributed by atoms with Gasteiger partial charge in [-0.2, -0.15) is 5.10 Å². The van der Waals surface area contributed by atoms with E-state index in [0.717, 1.165) is 12.1 Å². The highest BCUT2D eigenvalue weighted by Crippen LogP contribution is 2.16. The Morgan fingerprint density at radius 1 is 1.47 bits per heavy atom. The van der Waals surface area contributed by atoms with Gasteiger partial charge in [0.05, 0.1) is 12.2 Å². The maximum absolute atomic E-state index is 13.4. The summed E-state index contributed by atoms with van der Waals surface area (Å²) in [6, 6.07) is 2.25. The zero-order valence-electron chi connectivity index (χ0n) is 10.3. The first-order chi connectivity index (χ1) is 8.97. The van der Waals surface area contributed by atoms with Gasteiger partial charge in [-0.15, -0.1) is 0 Å². The maximum Gasteiger partial charge on any atom is 0.158 e. The normalized spacial score (nSPS) is 12.4. The molecule has 0 spiro atoms. The number of halogens is 2. The summed E-state index contributed by atoms with van der Waals surface area (Å²) < 4.78 is 27.7. The van der Waals surface area contributed by atoms with Gasteiger partial charge in [0.15, 0.2) is 5.78 Å². The standard InChI is InChI=1S/C13H13F2N3O/c1-18-7-9(6-17-18)13(16)12(19)4-8-2-3-10(14)5-11(8)15/h2-3,5-7,13H,4,16H2,1H3. The number of nitrogens with zero attached hydrogens (tertiary/aromatic N) is 2. The number of carbonyl (C=O) groups is 1. The molecule has 4 nitrogen and oxygen atoms in total. The number of aromatic nitrogens is 2. The van der Waals surface area contributed by atoms with E-state index in [4.69, 9.17) is 5.73 Å². The lowest BCUT2D eigenvalue weighted by Crippen LogP contribution is -2.23. The maximum atomic E-state index is 13.4. The number of Topliss-reactive ketones (excluding diaryl/α,β-unsaturated/α-hetero) is 1. The molecule has 0 aliphatic rings. The second-order valence-electron chi connectivity index (χ2n) is 4.30. The summed E-state index contributed by atoms with van der Waals surface area (Å²) in [5.74, 6) is -1.77. The van der Waals surface area contributed by atoms with E-state index in [1.807, 2.05) is 0 Å². The summed E-state index contributed by atoms with van der Waals surface area (Å²) >= 11 is 0. The molecular weight excluding hydrogens is 252 g/mol. The highest BCUT2D eigenvalue weighted by molar-refractivity contribution is 5.86. The van der Waals surface area contributed by atoms with Crippen molar-refractivity contribution in [1.29, 1.82) is 0 Å². The molecule has 1 aromatic carbocycles. The first-order valence-electron chi connectivity index (χ1n) is 5.68. The Morgan fingerprint density at radius 2 is 2.21 bits per heavy atom. The van der Waals surface area contributed by atoms with E-state index in [9.17, 15) is 13.6 Å². The quantitative estimate of drug-likeness (QED) is 0.911. The van der Waals surface area contributed by atoms with E-state index in [-0.39, 0.29) is 17.8 Å². The Hall–Kier alpha value is -2.08. The van der Waals surface area contributed by atoms with Crippen molar-refractivity contribution in [1.82, 2.24) is 9.78 Å². The topological polar surface area (TPSA) is 60.9 Å². The van der Waals surface area contributed by atoms with Crippen molar-refractivity contribution in [3.8, 4) is 0 Å². The molecule has 2 aromatic rings. The van der Waals surface area contributed by atoms with Crippen LogP contribution in [-0.4, -0.2) is 15.6 Å². The SMILES string of the molecule is Cn1cc(C(N)C(=O)Cc2ccc(F)cc2F)cn1. The Kier molecular flexibility index (Phi) is 3.71. The van der Waals surface area contributed by atoms with Crippen molar-refractivity contribution in [2.75, 3.05) is 0 Å². The molecule has 0 saturated carbocycles. The molecular formula is C13H13F2N3O. The van der Waals surface area contributed by atoms with Crippen molar-refractivity contribution < 1.29 is 13.6 Å². The zero-order chi connectivity index (χ0) is 14.0. The molecule has 1 unspecified atom stereocenters. The number of hydrogen-bond donors (Lipinski definition) is 1. The average Bonchev–Trinajstić information content (AvgIpc) is 2.78. The van der Waals surface area contributed by atoms with Crippen LogP contribution < -0.4 is 5.73 Å². The van der Waals surface area contributed by atoms with Crippen LogP contribution in [0.15, 0.2) is 30.6 Å². The summed E-state index contributed by atoms with van der Waals surface area (Å²) in [6.07, 6.45) is 2.94. The Labute approximate surface area is 108 Å². The minimum atomic E-state index is -0.863. The molecule has 2 rings (SSSR count). The van der Waals surface area contributed by atoms with Crippen molar-refractivity contribution in [2.24, 2.45) is 12.8 Å². The smallest absolute Gasteiger partial charge is 0.158 e. The number of hydrogen-bond acceptors (Lipinski definition) is 3. The van der Waals surface area contributed by atoms with Gasteiger partial charge in [0, 0.05) is 31.3 Å².